The molecule has 4 aromatic rings. The van der Waals surface area contributed by atoms with Crippen molar-refractivity contribution in [3.63, 3.8) is 0 Å². The van der Waals surface area contributed by atoms with Crippen LogP contribution in [0, 0.1) is 6.92 Å². The average Bonchev–Trinajstić information content (AvgIpc) is 2.72. The van der Waals surface area contributed by atoms with Crippen LogP contribution in [0.15, 0.2) is 43.4 Å². The molecule has 0 aliphatic rings. The fourth-order valence-corrected chi connectivity index (χ4v) is 3.60. The first-order valence-corrected chi connectivity index (χ1v) is 8.91. The van der Waals surface area contributed by atoms with Gasteiger partial charge in [-0.05, 0) is 12.5 Å². The molecule has 0 atom stereocenters. The maximum absolute atomic E-state index is 13.1. The lowest BCUT2D eigenvalue weighted by atomic mass is 9.98. The lowest BCUT2D eigenvalue weighted by molar-refractivity contribution is 0.697. The van der Waals surface area contributed by atoms with Crippen LogP contribution in [0.2, 0.25) is 0 Å². The molecule has 0 aliphatic heterocycles. The van der Waals surface area contributed by atoms with Crippen LogP contribution in [0.1, 0.15) is 5.56 Å². The minimum absolute atomic E-state index is 0.115. The number of pyridine rings is 1. The molecular weight excluding hydrogens is 374 g/mol. The Kier molecular flexibility index (Phi) is 3.93. The maximum Gasteiger partial charge on any atom is 0.332 e. The Hall–Kier alpha value is -3.75. The minimum atomic E-state index is -0.552. The zero-order valence-electron chi connectivity index (χ0n) is 16.7. The average molecular weight is 393 g/mol. The Bertz CT molecular complexity index is 1470. The van der Waals surface area contributed by atoms with Gasteiger partial charge in [-0.25, -0.2) is 14.6 Å². The fraction of sp³-hybridized carbons (Fsp3) is 0.250. The lowest BCUT2D eigenvalue weighted by Gasteiger charge is -2.15. The van der Waals surface area contributed by atoms with E-state index in [0.717, 1.165) is 14.7 Å². The van der Waals surface area contributed by atoms with Crippen LogP contribution in [0.25, 0.3) is 33.2 Å². The predicted molar refractivity (Wildman–Crippen MR) is 110 cm³/mol. The number of nitrogens with zero attached hydrogens (tertiary/aromatic N) is 5. The summed E-state index contributed by atoms with van der Waals surface area (Å²) in [5.41, 5.74) is 0.0341. The lowest BCUT2D eigenvalue weighted by Crippen LogP contribution is -2.40. The molecule has 9 nitrogen and oxygen atoms in total. The van der Waals surface area contributed by atoms with Crippen molar-refractivity contribution in [3.8, 4) is 11.1 Å². The highest BCUT2D eigenvalue weighted by Crippen LogP contribution is 2.30. The van der Waals surface area contributed by atoms with Crippen molar-refractivity contribution in [2.75, 3.05) is 0 Å². The molecular formula is C20H19N5O4. The van der Waals surface area contributed by atoms with Crippen LogP contribution in [-0.2, 0) is 28.2 Å². The van der Waals surface area contributed by atoms with Crippen molar-refractivity contribution in [1.29, 1.82) is 0 Å². The molecule has 148 valence electrons. The van der Waals surface area contributed by atoms with E-state index in [-0.39, 0.29) is 22.1 Å². The molecule has 0 bridgehead atoms. The number of fused-ring (bicyclic) bond motifs is 2. The van der Waals surface area contributed by atoms with E-state index >= 15 is 0 Å². The third-order valence-electron chi connectivity index (χ3n) is 5.32. The van der Waals surface area contributed by atoms with Gasteiger partial charge in [-0.1, -0.05) is 29.8 Å². The summed E-state index contributed by atoms with van der Waals surface area (Å²) < 4.78 is 4.46. The van der Waals surface area contributed by atoms with Crippen molar-refractivity contribution >= 4 is 22.1 Å². The zero-order valence-corrected chi connectivity index (χ0v) is 16.7. The molecule has 0 unspecified atom stereocenters. The normalized spacial score (nSPS) is 11.5. The van der Waals surface area contributed by atoms with Crippen molar-refractivity contribution in [1.82, 2.24) is 23.3 Å². The second-order valence-corrected chi connectivity index (χ2v) is 7.16. The number of aromatic nitrogens is 5. The van der Waals surface area contributed by atoms with Crippen LogP contribution in [-0.4, -0.2) is 23.3 Å². The molecule has 0 saturated heterocycles. The summed E-state index contributed by atoms with van der Waals surface area (Å²) in [6.07, 6.45) is 0. The standard InChI is InChI=1S/C20H19N5O4/c1-10-6-8-11(9-7-10)12-13-15(22(2)19(28)24(4)17(13)26)21-16-14(12)18(27)25(5)20(29)23(16)3/h6-9H,1-5H3. The van der Waals surface area contributed by atoms with Gasteiger partial charge in [-0.15, -0.1) is 0 Å². The van der Waals surface area contributed by atoms with Gasteiger partial charge < -0.3 is 0 Å². The van der Waals surface area contributed by atoms with Gasteiger partial charge in [0.25, 0.3) is 11.1 Å². The minimum Gasteiger partial charge on any atom is -0.280 e. The van der Waals surface area contributed by atoms with Gasteiger partial charge >= 0.3 is 11.4 Å². The van der Waals surface area contributed by atoms with E-state index in [1.165, 1.54) is 37.3 Å². The van der Waals surface area contributed by atoms with Crippen LogP contribution >= 0.6 is 0 Å². The molecule has 9 heteroatoms. The largest absolute Gasteiger partial charge is 0.332 e. The van der Waals surface area contributed by atoms with Crippen LogP contribution in [0.4, 0.5) is 0 Å². The summed E-state index contributed by atoms with van der Waals surface area (Å²) in [5, 5.41) is 0.309. The number of rotatable bonds is 1. The summed E-state index contributed by atoms with van der Waals surface area (Å²) >= 11 is 0. The molecule has 0 N–H and O–H groups in total. The molecule has 0 saturated carbocycles. The number of hydrogen-bond acceptors (Lipinski definition) is 5. The van der Waals surface area contributed by atoms with E-state index in [9.17, 15) is 19.2 Å². The third-order valence-corrected chi connectivity index (χ3v) is 5.32. The quantitative estimate of drug-likeness (QED) is 0.429. The molecule has 3 aromatic heterocycles. The van der Waals surface area contributed by atoms with Gasteiger partial charge in [0.2, 0.25) is 0 Å². The Balaban J connectivity index is 2.48. The number of hydrogen-bond donors (Lipinski definition) is 0. The van der Waals surface area contributed by atoms with Crippen LogP contribution < -0.4 is 22.5 Å². The summed E-state index contributed by atoms with van der Waals surface area (Å²) in [5.74, 6) is 0. The van der Waals surface area contributed by atoms with Gasteiger partial charge in [-0.2, -0.15) is 0 Å². The highest BCUT2D eigenvalue weighted by molar-refractivity contribution is 6.07. The molecule has 0 aliphatic carbocycles. The van der Waals surface area contributed by atoms with Crippen molar-refractivity contribution < 1.29 is 0 Å². The molecule has 0 radical (unpaired) electrons. The van der Waals surface area contributed by atoms with E-state index in [2.05, 4.69) is 4.98 Å². The monoisotopic (exact) mass is 393 g/mol. The smallest absolute Gasteiger partial charge is 0.280 e. The summed E-state index contributed by atoms with van der Waals surface area (Å²) in [6.45, 7) is 1.93. The maximum atomic E-state index is 13.1. The first-order chi connectivity index (χ1) is 13.6. The zero-order chi connectivity index (χ0) is 21.2. The second-order valence-electron chi connectivity index (χ2n) is 7.16. The van der Waals surface area contributed by atoms with E-state index in [4.69, 9.17) is 0 Å². The van der Waals surface area contributed by atoms with Crippen LogP contribution in [0.3, 0.4) is 0 Å². The van der Waals surface area contributed by atoms with Crippen LogP contribution in [0.5, 0.6) is 0 Å². The SMILES string of the molecule is Cc1ccc(-c2c3c(=O)n(C)c(=O)n(C)c3nc3c2c(=O)n(C)c(=O)n3C)cc1. The fourth-order valence-electron chi connectivity index (χ4n) is 3.60. The van der Waals surface area contributed by atoms with Gasteiger partial charge in [0, 0.05) is 33.8 Å². The van der Waals surface area contributed by atoms with Gasteiger partial charge in [0.05, 0.1) is 10.8 Å². The van der Waals surface area contributed by atoms with Gasteiger partial charge in [0.1, 0.15) is 0 Å². The third kappa shape index (κ3) is 2.43. The molecule has 3 heterocycles. The molecule has 29 heavy (non-hydrogen) atoms. The molecule has 0 amide bonds. The first-order valence-electron chi connectivity index (χ1n) is 8.91. The number of benzene rings is 1. The van der Waals surface area contributed by atoms with Gasteiger partial charge in [0.15, 0.2) is 11.3 Å². The van der Waals surface area contributed by atoms with E-state index < -0.39 is 22.5 Å². The molecule has 1 aromatic carbocycles. The Morgan fingerprint density at radius 1 is 0.655 bits per heavy atom. The predicted octanol–water partition coefficient (Wildman–Crippen LogP) is 0.158. The van der Waals surface area contributed by atoms with Crippen molar-refractivity contribution in [3.05, 3.63) is 71.5 Å². The molecule has 4 rings (SSSR count). The topological polar surface area (TPSA) is 101 Å². The number of aryl methyl sites for hydroxylation is 3. The highest BCUT2D eigenvalue weighted by Gasteiger charge is 2.23. The summed E-state index contributed by atoms with van der Waals surface area (Å²) in [7, 11) is 5.76. The van der Waals surface area contributed by atoms with E-state index in [1.807, 2.05) is 19.1 Å². The second kappa shape index (κ2) is 6.13. The van der Waals surface area contributed by atoms with Gasteiger partial charge in [-0.3, -0.25) is 27.9 Å². The van der Waals surface area contributed by atoms with Crippen molar-refractivity contribution in [2.45, 2.75) is 6.92 Å². The highest BCUT2D eigenvalue weighted by atomic mass is 16.2. The van der Waals surface area contributed by atoms with E-state index in [1.54, 1.807) is 12.1 Å². The summed E-state index contributed by atoms with van der Waals surface area (Å²) in [4.78, 5) is 55.5. The Morgan fingerprint density at radius 3 is 1.48 bits per heavy atom. The summed E-state index contributed by atoms with van der Waals surface area (Å²) in [6, 6.07) is 7.34. The molecule has 0 fully saturated rings. The van der Waals surface area contributed by atoms with Crippen molar-refractivity contribution in [2.24, 2.45) is 28.2 Å². The van der Waals surface area contributed by atoms with E-state index in [0.29, 0.717) is 11.1 Å². The molecule has 0 spiro atoms. The Labute approximate surface area is 163 Å². The first kappa shape index (κ1) is 18.6. The Morgan fingerprint density at radius 2 is 1.07 bits per heavy atom.